The Bertz CT molecular complexity index is 710. The molecule has 0 aliphatic heterocycles. The van der Waals surface area contributed by atoms with Gasteiger partial charge < -0.3 is 10.1 Å². The normalized spacial score (nSPS) is 10.3. The molecule has 3 amide bonds. The predicted molar refractivity (Wildman–Crippen MR) is 83.5 cm³/mol. The summed E-state index contributed by atoms with van der Waals surface area (Å²) in [5.41, 5.74) is 1.01. The Hall–Kier alpha value is -3.23. The second-order valence-electron chi connectivity index (χ2n) is 5.14. The van der Waals surface area contributed by atoms with Crippen molar-refractivity contribution in [1.82, 2.24) is 25.4 Å². The number of ether oxygens (including phenoxy) is 1. The van der Waals surface area contributed by atoms with Gasteiger partial charge in [-0.2, -0.15) is 5.10 Å². The van der Waals surface area contributed by atoms with Crippen LogP contribution in [0.25, 0.3) is 5.69 Å². The summed E-state index contributed by atoms with van der Waals surface area (Å²) in [5.74, 6) is -1.37. The lowest BCUT2D eigenvalue weighted by Gasteiger charge is -2.09. The van der Waals surface area contributed by atoms with Crippen LogP contribution in [0.5, 0.6) is 0 Å². The fourth-order valence-corrected chi connectivity index (χ4v) is 1.77. The molecule has 0 bridgehead atoms. The number of carbonyl (C=O) groups is 3. The lowest BCUT2D eigenvalue weighted by Crippen LogP contribution is -2.44. The lowest BCUT2D eigenvalue weighted by atomic mass is 10.2. The Kier molecular flexibility index (Phi) is 5.61. The highest BCUT2D eigenvalue weighted by Gasteiger charge is 2.13. The Morgan fingerprint density at radius 1 is 1.21 bits per heavy atom. The second kappa shape index (κ2) is 7.86. The van der Waals surface area contributed by atoms with Crippen molar-refractivity contribution in [1.29, 1.82) is 0 Å². The highest BCUT2D eigenvalue weighted by atomic mass is 16.5. The van der Waals surface area contributed by atoms with E-state index in [-0.39, 0.29) is 11.6 Å². The van der Waals surface area contributed by atoms with Crippen LogP contribution in [-0.4, -0.2) is 45.3 Å². The van der Waals surface area contributed by atoms with Crippen LogP contribution in [0, 0.1) is 0 Å². The molecule has 1 aromatic carbocycles. The van der Waals surface area contributed by atoms with Gasteiger partial charge in [-0.1, -0.05) is 0 Å². The first kappa shape index (κ1) is 17.1. The van der Waals surface area contributed by atoms with Gasteiger partial charge in [0.2, 0.25) is 0 Å². The molecule has 0 aliphatic rings. The van der Waals surface area contributed by atoms with Gasteiger partial charge in [0, 0.05) is 6.04 Å². The van der Waals surface area contributed by atoms with Crippen molar-refractivity contribution in [2.24, 2.45) is 0 Å². The van der Waals surface area contributed by atoms with Crippen molar-refractivity contribution >= 4 is 17.9 Å². The summed E-state index contributed by atoms with van der Waals surface area (Å²) in [5, 5.41) is 8.52. The van der Waals surface area contributed by atoms with E-state index in [1.807, 2.05) is 0 Å². The van der Waals surface area contributed by atoms with Gasteiger partial charge >= 0.3 is 12.0 Å². The number of benzene rings is 1. The SMILES string of the molecule is CC(C)NC(=O)NC(=O)COC(=O)c1ccc(-n2cncn2)cc1. The molecule has 2 rings (SSSR count). The lowest BCUT2D eigenvalue weighted by molar-refractivity contribution is -0.123. The number of urea groups is 1. The van der Waals surface area contributed by atoms with Crippen LogP contribution in [0.2, 0.25) is 0 Å². The van der Waals surface area contributed by atoms with Gasteiger partial charge in [0.05, 0.1) is 11.3 Å². The number of nitrogens with one attached hydrogen (secondary N) is 2. The summed E-state index contributed by atoms with van der Waals surface area (Å²) < 4.78 is 6.40. The average molecular weight is 331 g/mol. The number of esters is 1. The summed E-state index contributed by atoms with van der Waals surface area (Å²) >= 11 is 0. The Balaban J connectivity index is 1.84. The third kappa shape index (κ3) is 4.90. The van der Waals surface area contributed by atoms with Gasteiger partial charge in [0.1, 0.15) is 12.7 Å². The molecule has 126 valence electrons. The van der Waals surface area contributed by atoms with E-state index in [1.165, 1.54) is 17.3 Å². The van der Waals surface area contributed by atoms with Crippen LogP contribution in [0.1, 0.15) is 24.2 Å². The smallest absolute Gasteiger partial charge is 0.338 e. The number of hydrogen-bond acceptors (Lipinski definition) is 6. The number of imide groups is 1. The maximum absolute atomic E-state index is 11.9. The highest BCUT2D eigenvalue weighted by Crippen LogP contribution is 2.09. The minimum atomic E-state index is -0.708. The molecule has 1 aromatic heterocycles. The maximum Gasteiger partial charge on any atom is 0.338 e. The molecule has 0 aliphatic carbocycles. The zero-order chi connectivity index (χ0) is 17.5. The highest BCUT2D eigenvalue weighted by molar-refractivity contribution is 5.97. The molecule has 0 atom stereocenters. The van der Waals surface area contributed by atoms with Crippen LogP contribution in [0.4, 0.5) is 4.79 Å². The Labute approximate surface area is 138 Å². The van der Waals surface area contributed by atoms with E-state index in [4.69, 9.17) is 4.74 Å². The molecular weight excluding hydrogens is 314 g/mol. The molecule has 0 unspecified atom stereocenters. The molecule has 0 radical (unpaired) electrons. The summed E-state index contributed by atoms with van der Waals surface area (Å²) in [4.78, 5) is 38.5. The van der Waals surface area contributed by atoms with Crippen molar-refractivity contribution in [2.45, 2.75) is 19.9 Å². The monoisotopic (exact) mass is 331 g/mol. The van der Waals surface area contributed by atoms with Crippen molar-refractivity contribution in [3.63, 3.8) is 0 Å². The van der Waals surface area contributed by atoms with Gasteiger partial charge in [-0.05, 0) is 38.1 Å². The predicted octanol–water partition coefficient (Wildman–Crippen LogP) is 0.658. The summed E-state index contributed by atoms with van der Waals surface area (Å²) in [6.07, 6.45) is 2.93. The number of rotatable bonds is 5. The third-order valence-corrected chi connectivity index (χ3v) is 2.79. The van der Waals surface area contributed by atoms with Crippen molar-refractivity contribution in [2.75, 3.05) is 6.61 Å². The minimum absolute atomic E-state index is 0.108. The Morgan fingerprint density at radius 3 is 2.50 bits per heavy atom. The minimum Gasteiger partial charge on any atom is -0.452 e. The fourth-order valence-electron chi connectivity index (χ4n) is 1.77. The first-order chi connectivity index (χ1) is 11.5. The van der Waals surface area contributed by atoms with E-state index in [9.17, 15) is 14.4 Å². The van der Waals surface area contributed by atoms with Crippen LogP contribution >= 0.6 is 0 Å². The average Bonchev–Trinajstić information content (AvgIpc) is 3.06. The van der Waals surface area contributed by atoms with Crippen LogP contribution in [0.15, 0.2) is 36.9 Å². The summed E-state index contributed by atoms with van der Waals surface area (Å²) in [6, 6.07) is 5.68. The van der Waals surface area contributed by atoms with E-state index >= 15 is 0 Å². The molecule has 0 saturated heterocycles. The van der Waals surface area contributed by atoms with E-state index in [2.05, 4.69) is 20.7 Å². The van der Waals surface area contributed by atoms with Gasteiger partial charge in [-0.15, -0.1) is 0 Å². The van der Waals surface area contributed by atoms with Crippen LogP contribution in [0.3, 0.4) is 0 Å². The van der Waals surface area contributed by atoms with Gasteiger partial charge in [-0.25, -0.2) is 19.3 Å². The first-order valence-corrected chi connectivity index (χ1v) is 7.18. The summed E-state index contributed by atoms with van der Waals surface area (Å²) in [6.45, 7) is 2.97. The van der Waals surface area contributed by atoms with E-state index in [1.54, 1.807) is 38.1 Å². The van der Waals surface area contributed by atoms with Crippen molar-refractivity contribution in [3.8, 4) is 5.69 Å². The number of aromatic nitrogens is 3. The topological polar surface area (TPSA) is 115 Å². The summed E-state index contributed by atoms with van der Waals surface area (Å²) in [7, 11) is 0. The molecule has 2 aromatic rings. The van der Waals surface area contributed by atoms with Crippen LogP contribution < -0.4 is 10.6 Å². The molecule has 2 N–H and O–H groups in total. The largest absolute Gasteiger partial charge is 0.452 e. The standard InChI is InChI=1S/C15H17N5O4/c1-10(2)18-15(23)19-13(21)7-24-14(22)11-3-5-12(6-4-11)20-9-16-8-17-20/h3-6,8-10H,7H2,1-2H3,(H2,18,19,21,23). The zero-order valence-electron chi connectivity index (χ0n) is 13.2. The molecule has 24 heavy (non-hydrogen) atoms. The van der Waals surface area contributed by atoms with Gasteiger partial charge in [0.25, 0.3) is 5.91 Å². The fraction of sp³-hybridized carbons (Fsp3) is 0.267. The number of amides is 3. The molecular formula is C15H17N5O4. The maximum atomic E-state index is 11.9. The first-order valence-electron chi connectivity index (χ1n) is 7.18. The van der Waals surface area contributed by atoms with Crippen LogP contribution in [-0.2, 0) is 9.53 Å². The van der Waals surface area contributed by atoms with E-state index in [0.717, 1.165) is 5.69 Å². The molecule has 0 fully saturated rings. The number of nitrogens with zero attached hydrogens (tertiary/aromatic N) is 3. The zero-order valence-corrected chi connectivity index (χ0v) is 13.2. The quantitative estimate of drug-likeness (QED) is 0.778. The Morgan fingerprint density at radius 2 is 1.92 bits per heavy atom. The molecule has 9 heteroatoms. The second-order valence-corrected chi connectivity index (χ2v) is 5.14. The van der Waals surface area contributed by atoms with Gasteiger partial charge in [-0.3, -0.25) is 10.1 Å². The number of carbonyl (C=O) groups excluding carboxylic acids is 3. The molecule has 9 nitrogen and oxygen atoms in total. The van der Waals surface area contributed by atoms with Crippen molar-refractivity contribution in [3.05, 3.63) is 42.5 Å². The number of hydrogen-bond donors (Lipinski definition) is 2. The van der Waals surface area contributed by atoms with Gasteiger partial charge in [0.15, 0.2) is 6.61 Å². The van der Waals surface area contributed by atoms with E-state index < -0.39 is 24.5 Å². The van der Waals surface area contributed by atoms with Crippen molar-refractivity contribution < 1.29 is 19.1 Å². The van der Waals surface area contributed by atoms with E-state index in [0.29, 0.717) is 0 Å². The molecule has 0 spiro atoms. The third-order valence-electron chi connectivity index (χ3n) is 2.79. The molecule has 1 heterocycles. The molecule has 0 saturated carbocycles.